The number of rotatable bonds is 5. The third-order valence-corrected chi connectivity index (χ3v) is 5.59. The highest BCUT2D eigenvalue weighted by molar-refractivity contribution is 6.42. The molecule has 0 unspecified atom stereocenters. The van der Waals surface area contributed by atoms with Crippen LogP contribution in [0.15, 0.2) is 18.2 Å². The summed E-state index contributed by atoms with van der Waals surface area (Å²) in [5, 5.41) is 1.35. The lowest BCUT2D eigenvalue weighted by Crippen LogP contribution is -2.34. The Morgan fingerprint density at radius 1 is 1.05 bits per heavy atom. The van der Waals surface area contributed by atoms with Gasteiger partial charge in [0.15, 0.2) is 0 Å². The zero-order valence-corrected chi connectivity index (χ0v) is 16.1. The molecule has 0 heterocycles. The molecule has 1 aromatic rings. The summed E-state index contributed by atoms with van der Waals surface area (Å²) in [5.41, 5.74) is 1.69. The fraction of sp³-hybridized carbons (Fsp3) is 0.684. The second-order valence-electron chi connectivity index (χ2n) is 6.12. The SMILES string of the molecule is CC.CCN(C)CCC1(c2ccc(Cl)c(Cl)c2)CCCCC1. The smallest absolute Gasteiger partial charge is 0.0595 e. The lowest BCUT2D eigenvalue weighted by atomic mass is 9.67. The fourth-order valence-electron chi connectivity index (χ4n) is 3.30. The second-order valence-corrected chi connectivity index (χ2v) is 6.93. The molecule has 0 N–H and O–H groups in total. The number of hydrogen-bond acceptors (Lipinski definition) is 1. The van der Waals surface area contributed by atoms with Crippen molar-refractivity contribution in [3.05, 3.63) is 33.8 Å². The van der Waals surface area contributed by atoms with Gasteiger partial charge in [0.05, 0.1) is 10.0 Å². The summed E-state index contributed by atoms with van der Waals surface area (Å²) in [6.07, 6.45) is 7.80. The van der Waals surface area contributed by atoms with Gasteiger partial charge in [0.25, 0.3) is 0 Å². The minimum atomic E-state index is 0.301. The predicted octanol–water partition coefficient (Wildman–Crippen LogP) is 6.56. The molecule has 0 aromatic heterocycles. The molecule has 22 heavy (non-hydrogen) atoms. The van der Waals surface area contributed by atoms with E-state index in [9.17, 15) is 0 Å². The van der Waals surface area contributed by atoms with Crippen molar-refractivity contribution in [3.63, 3.8) is 0 Å². The zero-order chi connectivity index (χ0) is 16.6. The molecule has 0 bridgehead atoms. The first-order valence-electron chi connectivity index (χ1n) is 8.71. The summed E-state index contributed by atoms with van der Waals surface area (Å²) in [5.74, 6) is 0. The topological polar surface area (TPSA) is 3.24 Å². The predicted molar refractivity (Wildman–Crippen MR) is 100 cm³/mol. The van der Waals surface area contributed by atoms with E-state index >= 15 is 0 Å². The van der Waals surface area contributed by atoms with E-state index < -0.39 is 0 Å². The Balaban J connectivity index is 0.00000116. The Morgan fingerprint density at radius 3 is 2.23 bits per heavy atom. The minimum absolute atomic E-state index is 0.301. The van der Waals surface area contributed by atoms with E-state index in [4.69, 9.17) is 23.2 Å². The van der Waals surface area contributed by atoms with E-state index in [0.29, 0.717) is 15.5 Å². The second kappa shape index (κ2) is 9.80. The van der Waals surface area contributed by atoms with E-state index in [1.54, 1.807) is 0 Å². The highest BCUT2D eigenvalue weighted by Crippen LogP contribution is 2.43. The summed E-state index contributed by atoms with van der Waals surface area (Å²) in [6.45, 7) is 8.47. The van der Waals surface area contributed by atoms with Crippen LogP contribution in [0.2, 0.25) is 10.0 Å². The van der Waals surface area contributed by atoms with E-state index in [2.05, 4.69) is 31.0 Å². The van der Waals surface area contributed by atoms with Gasteiger partial charge in [-0.2, -0.15) is 0 Å². The maximum Gasteiger partial charge on any atom is 0.0595 e. The quantitative estimate of drug-likeness (QED) is 0.584. The summed E-state index contributed by atoms with van der Waals surface area (Å²) in [7, 11) is 2.20. The van der Waals surface area contributed by atoms with Crippen molar-refractivity contribution in [1.29, 1.82) is 0 Å². The molecule has 0 saturated heterocycles. The monoisotopic (exact) mass is 343 g/mol. The van der Waals surface area contributed by atoms with Crippen molar-refractivity contribution in [2.45, 2.75) is 64.7 Å². The van der Waals surface area contributed by atoms with Gasteiger partial charge in [0.2, 0.25) is 0 Å². The van der Waals surface area contributed by atoms with Gasteiger partial charge in [-0.1, -0.05) is 69.3 Å². The standard InChI is InChI=1S/C17H25Cl2N.C2H6/c1-3-20(2)12-11-17(9-5-4-6-10-17)14-7-8-15(18)16(19)13-14;1-2/h7-8,13H,3-6,9-12H2,1-2H3;1-2H3. The summed E-state index contributed by atoms with van der Waals surface area (Å²) in [6, 6.07) is 6.24. The van der Waals surface area contributed by atoms with Crippen LogP contribution < -0.4 is 0 Å². The number of benzene rings is 1. The first-order chi connectivity index (χ1) is 10.6. The Labute approximate surface area is 147 Å². The number of hydrogen-bond donors (Lipinski definition) is 0. The van der Waals surface area contributed by atoms with Crippen LogP contribution >= 0.6 is 23.2 Å². The first kappa shape index (κ1) is 19.8. The van der Waals surface area contributed by atoms with Crippen molar-refractivity contribution in [2.24, 2.45) is 0 Å². The molecule has 0 spiro atoms. The molecule has 1 fully saturated rings. The van der Waals surface area contributed by atoms with Crippen LogP contribution in [-0.2, 0) is 5.41 Å². The third kappa shape index (κ3) is 5.15. The molecule has 1 aliphatic rings. The van der Waals surface area contributed by atoms with Crippen molar-refractivity contribution < 1.29 is 0 Å². The van der Waals surface area contributed by atoms with Crippen LogP contribution in [0.3, 0.4) is 0 Å². The van der Waals surface area contributed by atoms with Crippen molar-refractivity contribution >= 4 is 23.2 Å². The maximum atomic E-state index is 6.24. The van der Waals surface area contributed by atoms with Gasteiger partial charge in [-0.05, 0) is 62.5 Å². The molecule has 0 aliphatic heterocycles. The molecule has 1 saturated carbocycles. The van der Waals surface area contributed by atoms with Gasteiger partial charge in [0, 0.05) is 0 Å². The Morgan fingerprint density at radius 2 is 1.68 bits per heavy atom. The average molecular weight is 344 g/mol. The maximum absolute atomic E-state index is 6.24. The van der Waals surface area contributed by atoms with Crippen LogP contribution in [0.5, 0.6) is 0 Å². The number of halogens is 2. The van der Waals surface area contributed by atoms with Gasteiger partial charge in [-0.15, -0.1) is 0 Å². The Kier molecular flexibility index (Phi) is 8.82. The molecule has 126 valence electrons. The molecular weight excluding hydrogens is 313 g/mol. The molecule has 1 nitrogen and oxygen atoms in total. The Bertz CT molecular complexity index is 439. The van der Waals surface area contributed by atoms with Crippen LogP contribution in [0.1, 0.15) is 64.9 Å². The molecular formula is C19H31Cl2N. The Hall–Kier alpha value is -0.240. The van der Waals surface area contributed by atoms with Gasteiger partial charge in [-0.3, -0.25) is 0 Å². The summed E-state index contributed by atoms with van der Waals surface area (Å²) >= 11 is 12.3. The van der Waals surface area contributed by atoms with Gasteiger partial charge in [-0.25, -0.2) is 0 Å². The van der Waals surface area contributed by atoms with Crippen LogP contribution in [0, 0.1) is 0 Å². The highest BCUT2D eigenvalue weighted by atomic mass is 35.5. The average Bonchev–Trinajstić information content (AvgIpc) is 2.57. The van der Waals surface area contributed by atoms with Gasteiger partial charge < -0.3 is 4.90 Å². The molecule has 2 rings (SSSR count). The van der Waals surface area contributed by atoms with E-state index in [-0.39, 0.29) is 0 Å². The van der Waals surface area contributed by atoms with E-state index in [1.807, 2.05) is 19.9 Å². The van der Waals surface area contributed by atoms with Gasteiger partial charge in [0.1, 0.15) is 0 Å². The van der Waals surface area contributed by atoms with Crippen molar-refractivity contribution in [3.8, 4) is 0 Å². The first-order valence-corrected chi connectivity index (χ1v) is 9.47. The summed E-state index contributed by atoms with van der Waals surface area (Å²) in [4.78, 5) is 2.40. The van der Waals surface area contributed by atoms with Crippen molar-refractivity contribution in [1.82, 2.24) is 4.90 Å². The molecule has 0 atom stereocenters. The molecule has 0 radical (unpaired) electrons. The fourth-order valence-corrected chi connectivity index (χ4v) is 3.60. The van der Waals surface area contributed by atoms with E-state index in [1.165, 1.54) is 44.1 Å². The molecule has 3 heteroatoms. The largest absolute Gasteiger partial charge is 0.307 e. The van der Waals surface area contributed by atoms with Crippen LogP contribution in [0.25, 0.3) is 0 Å². The molecule has 1 aromatic carbocycles. The molecule has 1 aliphatic carbocycles. The molecule has 0 amide bonds. The van der Waals surface area contributed by atoms with Gasteiger partial charge >= 0.3 is 0 Å². The summed E-state index contributed by atoms with van der Waals surface area (Å²) < 4.78 is 0. The van der Waals surface area contributed by atoms with Crippen LogP contribution in [-0.4, -0.2) is 25.0 Å². The lowest BCUT2D eigenvalue weighted by Gasteiger charge is -2.39. The van der Waals surface area contributed by atoms with Crippen LogP contribution in [0.4, 0.5) is 0 Å². The highest BCUT2D eigenvalue weighted by Gasteiger charge is 2.34. The minimum Gasteiger partial charge on any atom is -0.307 e. The lowest BCUT2D eigenvalue weighted by molar-refractivity contribution is 0.230. The number of nitrogens with zero attached hydrogens (tertiary/aromatic N) is 1. The third-order valence-electron chi connectivity index (χ3n) is 4.85. The zero-order valence-electron chi connectivity index (χ0n) is 14.6. The normalized spacial score (nSPS) is 17.0. The van der Waals surface area contributed by atoms with E-state index in [0.717, 1.165) is 13.1 Å². The van der Waals surface area contributed by atoms with Crippen molar-refractivity contribution in [2.75, 3.05) is 20.1 Å².